The van der Waals surface area contributed by atoms with E-state index in [4.69, 9.17) is 23.2 Å². The molecule has 0 spiro atoms. The second kappa shape index (κ2) is 4.71. The molecular formula is C16H19Cl2N. The average Bonchev–Trinajstić information content (AvgIpc) is 2.72. The maximum atomic E-state index is 6.27. The lowest BCUT2D eigenvalue weighted by atomic mass is 9.66. The summed E-state index contributed by atoms with van der Waals surface area (Å²) in [4.78, 5) is 3.33. The number of hydrogen-bond donors (Lipinski definition) is 1. The van der Waals surface area contributed by atoms with Gasteiger partial charge in [-0.1, -0.05) is 49.9 Å². The molecule has 0 saturated heterocycles. The van der Waals surface area contributed by atoms with Crippen LogP contribution in [0.15, 0.2) is 18.3 Å². The van der Waals surface area contributed by atoms with Gasteiger partial charge in [-0.25, -0.2) is 0 Å². The van der Waals surface area contributed by atoms with Crippen LogP contribution < -0.4 is 0 Å². The lowest BCUT2D eigenvalue weighted by Crippen LogP contribution is -2.25. The average molecular weight is 296 g/mol. The molecule has 1 aromatic heterocycles. The van der Waals surface area contributed by atoms with E-state index in [9.17, 15) is 0 Å². The molecule has 3 rings (SSSR count). The molecular weight excluding hydrogens is 277 g/mol. The van der Waals surface area contributed by atoms with Crippen molar-refractivity contribution in [2.24, 2.45) is 5.41 Å². The lowest BCUT2D eigenvalue weighted by molar-refractivity contribution is 0.201. The van der Waals surface area contributed by atoms with Crippen molar-refractivity contribution in [3.63, 3.8) is 0 Å². The Morgan fingerprint density at radius 1 is 1.21 bits per heavy atom. The SMILES string of the molecule is CC1(C)CCCCC1c1c[nH]c2c(Cl)cc(Cl)cc12. The molecule has 1 heterocycles. The minimum absolute atomic E-state index is 0.349. The van der Waals surface area contributed by atoms with Crippen molar-refractivity contribution in [2.45, 2.75) is 45.4 Å². The van der Waals surface area contributed by atoms with Gasteiger partial charge in [0.15, 0.2) is 0 Å². The van der Waals surface area contributed by atoms with Crippen molar-refractivity contribution in [1.82, 2.24) is 4.98 Å². The fourth-order valence-electron chi connectivity index (χ4n) is 3.53. The van der Waals surface area contributed by atoms with Gasteiger partial charge in [-0.3, -0.25) is 0 Å². The quantitative estimate of drug-likeness (QED) is 0.648. The van der Waals surface area contributed by atoms with Crippen LogP contribution in [-0.4, -0.2) is 4.98 Å². The Morgan fingerprint density at radius 2 is 2.00 bits per heavy atom. The highest BCUT2D eigenvalue weighted by atomic mass is 35.5. The Bertz CT molecular complexity index is 612. The summed E-state index contributed by atoms with van der Waals surface area (Å²) in [5.41, 5.74) is 2.74. The van der Waals surface area contributed by atoms with Crippen LogP contribution in [0.5, 0.6) is 0 Å². The molecule has 0 radical (unpaired) electrons. The second-order valence-corrected chi connectivity index (χ2v) is 7.18. The number of aromatic amines is 1. The predicted molar refractivity (Wildman–Crippen MR) is 83.3 cm³/mol. The summed E-state index contributed by atoms with van der Waals surface area (Å²) in [7, 11) is 0. The Kier molecular flexibility index (Phi) is 3.31. The van der Waals surface area contributed by atoms with Crippen LogP contribution in [0.4, 0.5) is 0 Å². The summed E-state index contributed by atoms with van der Waals surface area (Å²) < 4.78 is 0. The van der Waals surface area contributed by atoms with Crippen molar-refractivity contribution in [3.05, 3.63) is 33.9 Å². The highest BCUT2D eigenvalue weighted by Crippen LogP contribution is 2.49. The van der Waals surface area contributed by atoms with E-state index in [0.717, 1.165) is 5.52 Å². The van der Waals surface area contributed by atoms with Gasteiger partial charge in [0.1, 0.15) is 0 Å². The van der Waals surface area contributed by atoms with Crippen molar-refractivity contribution in [3.8, 4) is 0 Å². The molecule has 3 heteroatoms. The molecule has 1 unspecified atom stereocenters. The maximum Gasteiger partial charge on any atom is 0.0661 e. The number of halogens is 2. The number of rotatable bonds is 1. The molecule has 1 saturated carbocycles. The molecule has 1 fully saturated rings. The van der Waals surface area contributed by atoms with Crippen molar-refractivity contribution in [1.29, 1.82) is 0 Å². The smallest absolute Gasteiger partial charge is 0.0661 e. The standard InChI is InChI=1S/C16H19Cl2N/c1-16(2)6-4-3-5-13(16)12-9-19-15-11(12)7-10(17)8-14(15)18/h7-9,13,19H,3-6H2,1-2H3. The first-order valence-electron chi connectivity index (χ1n) is 6.95. The highest BCUT2D eigenvalue weighted by molar-refractivity contribution is 6.38. The first-order valence-corrected chi connectivity index (χ1v) is 7.71. The zero-order valence-electron chi connectivity index (χ0n) is 11.4. The van der Waals surface area contributed by atoms with Crippen LogP contribution in [-0.2, 0) is 0 Å². The van der Waals surface area contributed by atoms with Crippen LogP contribution in [0.1, 0.15) is 51.0 Å². The topological polar surface area (TPSA) is 15.8 Å². The third-order valence-corrected chi connectivity index (χ3v) is 5.14. The molecule has 0 aliphatic heterocycles. The monoisotopic (exact) mass is 295 g/mol. The number of benzene rings is 1. The van der Waals surface area contributed by atoms with E-state index < -0.39 is 0 Å². The highest BCUT2D eigenvalue weighted by Gasteiger charge is 2.34. The minimum Gasteiger partial charge on any atom is -0.360 e. The van der Waals surface area contributed by atoms with Crippen LogP contribution in [0.25, 0.3) is 10.9 Å². The molecule has 1 N–H and O–H groups in total. The Hall–Kier alpha value is -0.660. The summed E-state index contributed by atoms with van der Waals surface area (Å²) in [6.07, 6.45) is 7.33. The predicted octanol–water partition coefficient (Wildman–Crippen LogP) is 6.16. The molecule has 1 nitrogen and oxygen atoms in total. The van der Waals surface area contributed by atoms with Gasteiger partial charge < -0.3 is 4.98 Å². The van der Waals surface area contributed by atoms with Crippen LogP contribution in [0.2, 0.25) is 10.0 Å². The number of H-pyrrole nitrogens is 1. The van der Waals surface area contributed by atoms with Crippen molar-refractivity contribution in [2.75, 3.05) is 0 Å². The second-order valence-electron chi connectivity index (χ2n) is 6.34. The summed E-state index contributed by atoms with van der Waals surface area (Å²) in [5.74, 6) is 0.588. The molecule has 19 heavy (non-hydrogen) atoms. The molecule has 1 aromatic carbocycles. The fraction of sp³-hybridized carbons (Fsp3) is 0.500. The molecule has 102 valence electrons. The zero-order chi connectivity index (χ0) is 13.6. The van der Waals surface area contributed by atoms with Crippen molar-refractivity contribution < 1.29 is 0 Å². The van der Waals surface area contributed by atoms with Gasteiger partial charge in [0, 0.05) is 16.6 Å². The van der Waals surface area contributed by atoms with Crippen molar-refractivity contribution >= 4 is 34.1 Å². The molecule has 1 aliphatic rings. The van der Waals surface area contributed by atoms with Gasteiger partial charge in [-0.05, 0) is 41.9 Å². The van der Waals surface area contributed by atoms with Gasteiger partial charge >= 0.3 is 0 Å². The normalized spacial score (nSPS) is 22.8. The van der Waals surface area contributed by atoms with E-state index in [1.165, 1.54) is 36.6 Å². The Morgan fingerprint density at radius 3 is 2.74 bits per heavy atom. The molecule has 1 aliphatic carbocycles. The summed E-state index contributed by atoms with van der Waals surface area (Å²) in [6, 6.07) is 3.84. The van der Waals surface area contributed by atoms with Gasteiger partial charge in [0.05, 0.1) is 10.5 Å². The molecule has 0 amide bonds. The number of hydrogen-bond acceptors (Lipinski definition) is 0. The van der Waals surface area contributed by atoms with E-state index in [0.29, 0.717) is 21.4 Å². The van der Waals surface area contributed by atoms with Gasteiger partial charge in [-0.2, -0.15) is 0 Å². The lowest BCUT2D eigenvalue weighted by Gasteiger charge is -2.38. The summed E-state index contributed by atoms with van der Waals surface area (Å²) in [5, 5.41) is 2.62. The largest absolute Gasteiger partial charge is 0.360 e. The van der Waals surface area contributed by atoms with Crippen LogP contribution in [0.3, 0.4) is 0 Å². The number of nitrogens with one attached hydrogen (secondary N) is 1. The summed E-state index contributed by atoms with van der Waals surface area (Å²) in [6.45, 7) is 4.75. The van der Waals surface area contributed by atoms with E-state index in [1.807, 2.05) is 6.07 Å². The number of aromatic nitrogens is 1. The Balaban J connectivity index is 2.15. The number of fused-ring (bicyclic) bond motifs is 1. The summed E-state index contributed by atoms with van der Waals surface area (Å²) >= 11 is 12.4. The molecule has 2 aromatic rings. The first-order chi connectivity index (χ1) is 8.99. The minimum atomic E-state index is 0.349. The van der Waals surface area contributed by atoms with Gasteiger partial charge in [0.25, 0.3) is 0 Å². The third-order valence-electron chi connectivity index (χ3n) is 4.62. The van der Waals surface area contributed by atoms with Gasteiger partial charge in [-0.15, -0.1) is 0 Å². The first kappa shape index (κ1) is 13.3. The van der Waals surface area contributed by atoms with E-state index in [1.54, 1.807) is 6.07 Å². The van der Waals surface area contributed by atoms with E-state index >= 15 is 0 Å². The Labute approximate surface area is 124 Å². The van der Waals surface area contributed by atoms with Crippen LogP contribution >= 0.6 is 23.2 Å². The maximum absolute atomic E-state index is 6.27. The molecule has 1 atom stereocenters. The van der Waals surface area contributed by atoms with E-state index in [-0.39, 0.29) is 0 Å². The molecule has 0 bridgehead atoms. The third kappa shape index (κ3) is 2.28. The zero-order valence-corrected chi connectivity index (χ0v) is 12.9. The fourth-order valence-corrected chi connectivity index (χ4v) is 4.08. The van der Waals surface area contributed by atoms with Gasteiger partial charge in [0.2, 0.25) is 0 Å². The van der Waals surface area contributed by atoms with E-state index in [2.05, 4.69) is 25.0 Å². The van der Waals surface area contributed by atoms with Crippen LogP contribution in [0, 0.1) is 5.41 Å².